The van der Waals surface area contributed by atoms with Crippen LogP contribution < -0.4 is 5.32 Å². The minimum Gasteiger partial charge on any atom is -0.319 e. The van der Waals surface area contributed by atoms with Crippen molar-refractivity contribution in [2.45, 2.75) is 20.8 Å². The van der Waals surface area contributed by atoms with Gasteiger partial charge < -0.3 is 5.32 Å². The Kier molecular flexibility index (Phi) is 5.81. The van der Waals surface area contributed by atoms with E-state index in [2.05, 4.69) is 15.4 Å². The summed E-state index contributed by atoms with van der Waals surface area (Å²) in [6.45, 7) is 5.85. The van der Waals surface area contributed by atoms with Gasteiger partial charge in [0.1, 0.15) is 0 Å². The third kappa shape index (κ3) is 4.33. The molecule has 5 nitrogen and oxygen atoms in total. The third-order valence-electron chi connectivity index (χ3n) is 5.00. The molecule has 31 heavy (non-hydrogen) atoms. The smallest absolute Gasteiger partial charge is 0.295 e. The molecule has 1 N–H and O–H groups in total. The molecule has 0 aliphatic carbocycles. The molecular formula is C24H20Cl2N4O. The number of carbonyl (C=O) groups is 1. The summed E-state index contributed by atoms with van der Waals surface area (Å²) in [6, 6.07) is 18.7. The second-order valence-corrected chi connectivity index (χ2v) is 8.18. The van der Waals surface area contributed by atoms with Crippen molar-refractivity contribution < 1.29 is 4.79 Å². The lowest BCUT2D eigenvalue weighted by molar-refractivity contribution is 0.101. The van der Waals surface area contributed by atoms with Crippen LogP contribution in [0.1, 0.15) is 27.3 Å². The van der Waals surface area contributed by atoms with Crippen LogP contribution in [-0.4, -0.2) is 20.7 Å². The Balaban J connectivity index is 1.82. The zero-order valence-corrected chi connectivity index (χ0v) is 18.8. The van der Waals surface area contributed by atoms with Crippen molar-refractivity contribution in [3.8, 4) is 17.1 Å². The first-order valence-electron chi connectivity index (χ1n) is 9.70. The maximum atomic E-state index is 13.0. The summed E-state index contributed by atoms with van der Waals surface area (Å²) in [5.74, 6) is 0.164. The fraction of sp³-hybridized carbons (Fsp3) is 0.125. The van der Waals surface area contributed by atoms with Gasteiger partial charge in [0.05, 0.1) is 5.69 Å². The summed E-state index contributed by atoms with van der Waals surface area (Å²) in [7, 11) is 0. The van der Waals surface area contributed by atoms with Gasteiger partial charge in [0, 0.05) is 21.3 Å². The largest absolute Gasteiger partial charge is 0.319 e. The Hall–Kier alpha value is -3.15. The van der Waals surface area contributed by atoms with Gasteiger partial charge in [0.25, 0.3) is 5.91 Å². The number of amides is 1. The number of nitrogens with one attached hydrogen (secondary N) is 1. The molecule has 7 heteroatoms. The predicted octanol–water partition coefficient (Wildman–Crippen LogP) is 6.42. The lowest BCUT2D eigenvalue weighted by Gasteiger charge is -2.10. The molecule has 0 atom stereocenters. The number of aryl methyl sites for hydroxylation is 2. The molecule has 0 fully saturated rings. The quantitative estimate of drug-likeness (QED) is 0.390. The van der Waals surface area contributed by atoms with Crippen molar-refractivity contribution >= 4 is 34.8 Å². The van der Waals surface area contributed by atoms with E-state index < -0.39 is 5.91 Å². The van der Waals surface area contributed by atoms with Crippen molar-refractivity contribution in [3.63, 3.8) is 0 Å². The minimum absolute atomic E-state index is 0.0512. The summed E-state index contributed by atoms with van der Waals surface area (Å²) in [5.41, 5.74) is 5.09. The number of carbonyl (C=O) groups excluding carboxylic acids is 1. The van der Waals surface area contributed by atoms with Crippen LogP contribution in [0.15, 0.2) is 60.7 Å². The molecule has 0 spiro atoms. The predicted molar refractivity (Wildman–Crippen MR) is 125 cm³/mol. The molecule has 3 aromatic carbocycles. The van der Waals surface area contributed by atoms with E-state index in [1.54, 1.807) is 35.0 Å². The Morgan fingerprint density at radius 1 is 0.968 bits per heavy atom. The van der Waals surface area contributed by atoms with Crippen LogP contribution in [0.5, 0.6) is 0 Å². The fourth-order valence-corrected chi connectivity index (χ4v) is 3.62. The molecule has 1 amide bonds. The third-order valence-corrected chi connectivity index (χ3v) is 5.65. The number of halogens is 2. The highest BCUT2D eigenvalue weighted by atomic mass is 35.5. The van der Waals surface area contributed by atoms with Gasteiger partial charge >= 0.3 is 0 Å². The zero-order chi connectivity index (χ0) is 22.1. The monoisotopic (exact) mass is 450 g/mol. The molecule has 1 heterocycles. The first-order chi connectivity index (χ1) is 14.8. The van der Waals surface area contributed by atoms with Crippen molar-refractivity contribution in [2.24, 2.45) is 0 Å². The summed E-state index contributed by atoms with van der Waals surface area (Å²) < 4.78 is 1.69. The van der Waals surface area contributed by atoms with Crippen molar-refractivity contribution in [1.82, 2.24) is 14.8 Å². The number of benzene rings is 3. The molecule has 0 unspecified atom stereocenters. The number of anilines is 1. The first kappa shape index (κ1) is 21.1. The van der Waals surface area contributed by atoms with E-state index in [1.807, 2.05) is 51.1 Å². The Labute approximate surface area is 190 Å². The van der Waals surface area contributed by atoms with E-state index in [-0.39, 0.29) is 5.82 Å². The topological polar surface area (TPSA) is 59.8 Å². The van der Waals surface area contributed by atoms with Crippen LogP contribution in [0.4, 0.5) is 5.69 Å². The number of nitrogens with zero attached hydrogens (tertiary/aromatic N) is 3. The van der Waals surface area contributed by atoms with Crippen LogP contribution in [-0.2, 0) is 0 Å². The highest BCUT2D eigenvalue weighted by molar-refractivity contribution is 6.32. The molecule has 0 aliphatic heterocycles. The van der Waals surface area contributed by atoms with Gasteiger partial charge in [0.15, 0.2) is 5.82 Å². The van der Waals surface area contributed by atoms with Crippen LogP contribution in [0.25, 0.3) is 17.1 Å². The number of hydrogen-bond donors (Lipinski definition) is 1. The summed E-state index contributed by atoms with van der Waals surface area (Å²) >= 11 is 12.4. The Bertz CT molecular complexity index is 1300. The highest BCUT2D eigenvalue weighted by Crippen LogP contribution is 2.27. The number of hydrogen-bond acceptors (Lipinski definition) is 3. The molecule has 156 valence electrons. The summed E-state index contributed by atoms with van der Waals surface area (Å²) in [6.07, 6.45) is 0. The molecule has 0 saturated carbocycles. The molecular weight excluding hydrogens is 431 g/mol. The van der Waals surface area contributed by atoms with Gasteiger partial charge in [-0.25, -0.2) is 9.67 Å². The maximum Gasteiger partial charge on any atom is 0.295 e. The zero-order valence-electron chi connectivity index (χ0n) is 17.3. The molecule has 1 aromatic heterocycles. The van der Waals surface area contributed by atoms with Gasteiger partial charge in [-0.2, -0.15) is 0 Å². The molecule has 0 radical (unpaired) electrons. The van der Waals surface area contributed by atoms with Crippen LogP contribution in [0.3, 0.4) is 0 Å². The summed E-state index contributed by atoms with van der Waals surface area (Å²) in [4.78, 5) is 17.6. The van der Waals surface area contributed by atoms with Gasteiger partial charge in [-0.05, 0) is 67.8 Å². The van der Waals surface area contributed by atoms with Gasteiger partial charge in [-0.3, -0.25) is 4.79 Å². The van der Waals surface area contributed by atoms with Gasteiger partial charge in [-0.15, -0.1) is 5.10 Å². The average Bonchev–Trinajstić information content (AvgIpc) is 3.18. The van der Waals surface area contributed by atoms with E-state index in [1.165, 1.54) is 0 Å². The molecule has 4 aromatic rings. The second kappa shape index (κ2) is 8.53. The molecule has 0 aliphatic rings. The standard InChI is InChI=1S/C24H20Cl2N4O/c1-14-10-11-15(2)21(12-14)30-23(17-6-4-7-18(25)13-17)28-22(29-30)24(31)27-20-9-5-8-19(26)16(20)3/h4-13H,1-3H3,(H,27,31). The first-order valence-corrected chi connectivity index (χ1v) is 10.5. The SMILES string of the molecule is Cc1ccc(C)c(-n2nc(C(=O)Nc3cccc(Cl)c3C)nc2-c2cccc(Cl)c2)c1. The summed E-state index contributed by atoms with van der Waals surface area (Å²) in [5, 5.41) is 8.57. The van der Waals surface area contributed by atoms with E-state index in [0.29, 0.717) is 21.6 Å². The number of rotatable bonds is 4. The second-order valence-electron chi connectivity index (χ2n) is 7.34. The van der Waals surface area contributed by atoms with Crippen molar-refractivity contribution in [1.29, 1.82) is 0 Å². The van der Waals surface area contributed by atoms with Crippen molar-refractivity contribution in [2.75, 3.05) is 5.32 Å². The molecule has 4 rings (SSSR count). The fourth-order valence-electron chi connectivity index (χ4n) is 3.26. The van der Waals surface area contributed by atoms with E-state index >= 15 is 0 Å². The molecule has 0 bridgehead atoms. The number of aromatic nitrogens is 3. The van der Waals surface area contributed by atoms with Gasteiger partial charge in [0.2, 0.25) is 5.82 Å². The Morgan fingerprint density at radius 2 is 1.74 bits per heavy atom. The van der Waals surface area contributed by atoms with Crippen LogP contribution in [0, 0.1) is 20.8 Å². The van der Waals surface area contributed by atoms with Crippen LogP contribution >= 0.6 is 23.2 Å². The average molecular weight is 451 g/mol. The lowest BCUT2D eigenvalue weighted by atomic mass is 10.1. The van der Waals surface area contributed by atoms with E-state index in [9.17, 15) is 4.79 Å². The minimum atomic E-state index is -0.419. The van der Waals surface area contributed by atoms with Crippen molar-refractivity contribution in [3.05, 3.63) is 93.2 Å². The van der Waals surface area contributed by atoms with E-state index in [0.717, 1.165) is 27.9 Å². The molecule has 0 saturated heterocycles. The highest BCUT2D eigenvalue weighted by Gasteiger charge is 2.21. The van der Waals surface area contributed by atoms with Crippen LogP contribution in [0.2, 0.25) is 10.0 Å². The van der Waals surface area contributed by atoms with E-state index in [4.69, 9.17) is 23.2 Å². The van der Waals surface area contributed by atoms with Gasteiger partial charge in [-0.1, -0.05) is 53.5 Å². The Morgan fingerprint density at radius 3 is 2.52 bits per heavy atom. The maximum absolute atomic E-state index is 13.0. The lowest BCUT2D eigenvalue weighted by Crippen LogP contribution is -2.15. The normalized spacial score (nSPS) is 10.9.